The second-order valence-corrected chi connectivity index (χ2v) is 4.89. The van der Waals surface area contributed by atoms with Gasteiger partial charge in [-0.25, -0.2) is 4.98 Å². The van der Waals surface area contributed by atoms with Crippen LogP contribution < -0.4 is 5.73 Å². The number of nitrogen functional groups attached to an aromatic ring is 1. The van der Waals surface area contributed by atoms with E-state index in [4.69, 9.17) is 5.73 Å². The maximum Gasteiger partial charge on any atom is 0.123 e. The van der Waals surface area contributed by atoms with E-state index in [1.807, 2.05) is 6.07 Å². The molecular weight excluding hydrogens is 198 g/mol. The molecule has 0 unspecified atom stereocenters. The van der Waals surface area contributed by atoms with E-state index >= 15 is 0 Å². The highest BCUT2D eigenvalue weighted by molar-refractivity contribution is 5.31. The Morgan fingerprint density at radius 2 is 2.06 bits per heavy atom. The van der Waals surface area contributed by atoms with Crippen LogP contribution in [0, 0.1) is 0 Å². The summed E-state index contributed by atoms with van der Waals surface area (Å²) in [6, 6.07) is 5.40. The first-order valence-electron chi connectivity index (χ1n) is 6.13. The predicted molar refractivity (Wildman–Crippen MR) is 67.0 cm³/mol. The number of pyridine rings is 1. The lowest BCUT2D eigenvalue weighted by molar-refractivity contribution is 0.0953. The summed E-state index contributed by atoms with van der Waals surface area (Å²) in [7, 11) is 0. The van der Waals surface area contributed by atoms with Crippen LogP contribution in [0.3, 0.4) is 0 Å². The minimum atomic E-state index is 0.620. The second-order valence-electron chi connectivity index (χ2n) is 4.89. The van der Waals surface area contributed by atoms with Gasteiger partial charge >= 0.3 is 0 Å². The topological polar surface area (TPSA) is 42.2 Å². The summed E-state index contributed by atoms with van der Waals surface area (Å²) in [4.78, 5) is 6.60. The molecule has 0 bridgehead atoms. The Labute approximate surface area is 97.7 Å². The highest BCUT2D eigenvalue weighted by atomic mass is 15.2. The molecule has 0 saturated carbocycles. The fourth-order valence-electron chi connectivity index (χ4n) is 2.59. The van der Waals surface area contributed by atoms with E-state index in [2.05, 4.69) is 29.8 Å². The Morgan fingerprint density at radius 3 is 2.69 bits per heavy atom. The predicted octanol–water partition coefficient (Wildman–Crippen LogP) is 2.43. The summed E-state index contributed by atoms with van der Waals surface area (Å²) >= 11 is 0. The number of aromatic nitrogens is 1. The van der Waals surface area contributed by atoms with Crippen LogP contribution in [-0.2, 0) is 6.54 Å². The summed E-state index contributed by atoms with van der Waals surface area (Å²) in [5.41, 5.74) is 6.97. The van der Waals surface area contributed by atoms with Crippen LogP contribution in [-0.4, -0.2) is 22.0 Å². The number of anilines is 1. The number of nitrogens with two attached hydrogens (primary N) is 1. The van der Waals surface area contributed by atoms with E-state index in [0.29, 0.717) is 17.9 Å². The molecule has 3 nitrogen and oxygen atoms in total. The first-order valence-corrected chi connectivity index (χ1v) is 6.13. The zero-order valence-electron chi connectivity index (χ0n) is 10.2. The van der Waals surface area contributed by atoms with Crippen molar-refractivity contribution in [2.75, 3.05) is 5.73 Å². The third-order valence-electron chi connectivity index (χ3n) is 3.59. The zero-order valence-corrected chi connectivity index (χ0v) is 10.2. The minimum absolute atomic E-state index is 0.620. The van der Waals surface area contributed by atoms with Gasteiger partial charge in [0.25, 0.3) is 0 Å². The molecule has 1 aliphatic rings. The Kier molecular flexibility index (Phi) is 3.44. The Hall–Kier alpha value is -1.09. The third kappa shape index (κ3) is 2.53. The van der Waals surface area contributed by atoms with Gasteiger partial charge in [0.1, 0.15) is 5.82 Å². The summed E-state index contributed by atoms with van der Waals surface area (Å²) in [6.07, 6.45) is 5.77. The summed E-state index contributed by atoms with van der Waals surface area (Å²) < 4.78 is 0. The van der Waals surface area contributed by atoms with Gasteiger partial charge < -0.3 is 5.73 Å². The van der Waals surface area contributed by atoms with Gasteiger partial charge in [-0.1, -0.05) is 6.42 Å². The Morgan fingerprint density at radius 1 is 1.38 bits per heavy atom. The quantitative estimate of drug-likeness (QED) is 0.830. The van der Waals surface area contributed by atoms with Crippen molar-refractivity contribution in [3.8, 4) is 0 Å². The highest BCUT2D eigenvalue weighted by Crippen LogP contribution is 2.24. The number of hydrogen-bond donors (Lipinski definition) is 1. The average molecular weight is 219 g/mol. The average Bonchev–Trinajstić information content (AvgIpc) is 2.24. The molecule has 1 fully saturated rings. The molecule has 2 heterocycles. The molecule has 1 aromatic heterocycles. The molecule has 0 aromatic carbocycles. The molecule has 0 radical (unpaired) electrons. The molecule has 2 rings (SSSR count). The van der Waals surface area contributed by atoms with Crippen LogP contribution in [0.15, 0.2) is 18.3 Å². The van der Waals surface area contributed by atoms with Crippen molar-refractivity contribution in [3.63, 3.8) is 0 Å². The van der Waals surface area contributed by atoms with Crippen LogP contribution in [0.25, 0.3) is 0 Å². The van der Waals surface area contributed by atoms with Gasteiger partial charge in [-0.3, -0.25) is 4.90 Å². The largest absolute Gasteiger partial charge is 0.384 e. The number of likely N-dealkylation sites (tertiary alicyclic amines) is 1. The van der Waals surface area contributed by atoms with Crippen molar-refractivity contribution >= 4 is 5.82 Å². The van der Waals surface area contributed by atoms with Crippen molar-refractivity contribution in [2.24, 2.45) is 0 Å². The molecule has 0 aliphatic carbocycles. The number of nitrogens with zero attached hydrogens (tertiary/aromatic N) is 2. The van der Waals surface area contributed by atoms with E-state index in [9.17, 15) is 0 Å². The maximum atomic E-state index is 5.70. The van der Waals surface area contributed by atoms with Crippen molar-refractivity contribution in [1.29, 1.82) is 0 Å². The van der Waals surface area contributed by atoms with E-state index in [1.165, 1.54) is 24.8 Å². The number of piperidine rings is 1. The van der Waals surface area contributed by atoms with E-state index in [1.54, 1.807) is 6.20 Å². The fraction of sp³-hybridized carbons (Fsp3) is 0.615. The van der Waals surface area contributed by atoms with Crippen LogP contribution in [0.5, 0.6) is 0 Å². The Balaban J connectivity index is 2.07. The van der Waals surface area contributed by atoms with Gasteiger partial charge in [0.05, 0.1) is 0 Å². The minimum Gasteiger partial charge on any atom is -0.384 e. The maximum absolute atomic E-state index is 5.70. The second kappa shape index (κ2) is 4.83. The zero-order chi connectivity index (χ0) is 11.5. The number of hydrogen-bond acceptors (Lipinski definition) is 3. The van der Waals surface area contributed by atoms with Gasteiger partial charge in [-0.2, -0.15) is 0 Å². The first-order chi connectivity index (χ1) is 7.66. The van der Waals surface area contributed by atoms with Crippen molar-refractivity contribution in [1.82, 2.24) is 9.88 Å². The SMILES string of the molecule is C[C@@H]1CCC[C@H](C)N1Cc1ccnc(N)c1. The van der Waals surface area contributed by atoms with E-state index < -0.39 is 0 Å². The van der Waals surface area contributed by atoms with Crippen molar-refractivity contribution in [3.05, 3.63) is 23.9 Å². The van der Waals surface area contributed by atoms with E-state index in [0.717, 1.165) is 6.54 Å². The highest BCUT2D eigenvalue weighted by Gasteiger charge is 2.24. The van der Waals surface area contributed by atoms with Crippen LogP contribution in [0.1, 0.15) is 38.7 Å². The normalized spacial score (nSPS) is 26.9. The molecule has 0 spiro atoms. The van der Waals surface area contributed by atoms with Crippen molar-refractivity contribution < 1.29 is 0 Å². The molecule has 1 aliphatic heterocycles. The molecule has 88 valence electrons. The molecule has 2 N–H and O–H groups in total. The monoisotopic (exact) mass is 219 g/mol. The molecule has 16 heavy (non-hydrogen) atoms. The molecule has 2 atom stereocenters. The summed E-state index contributed by atoms with van der Waals surface area (Å²) in [5, 5.41) is 0. The van der Waals surface area contributed by atoms with Gasteiger partial charge in [0.2, 0.25) is 0 Å². The molecular formula is C13H21N3. The fourth-order valence-corrected chi connectivity index (χ4v) is 2.59. The van der Waals surface area contributed by atoms with Crippen molar-refractivity contribution in [2.45, 2.75) is 51.7 Å². The van der Waals surface area contributed by atoms with Gasteiger partial charge in [-0.05, 0) is 44.4 Å². The molecule has 1 saturated heterocycles. The smallest absolute Gasteiger partial charge is 0.123 e. The van der Waals surface area contributed by atoms with Crippen LogP contribution in [0.4, 0.5) is 5.82 Å². The molecule has 1 aromatic rings. The van der Waals surface area contributed by atoms with Gasteiger partial charge in [0, 0.05) is 24.8 Å². The van der Waals surface area contributed by atoms with E-state index in [-0.39, 0.29) is 0 Å². The lowest BCUT2D eigenvalue weighted by Crippen LogP contribution is -2.42. The number of rotatable bonds is 2. The van der Waals surface area contributed by atoms with Gasteiger partial charge in [-0.15, -0.1) is 0 Å². The summed E-state index contributed by atoms with van der Waals surface area (Å²) in [6.45, 7) is 5.63. The molecule has 3 heteroatoms. The third-order valence-corrected chi connectivity index (χ3v) is 3.59. The lowest BCUT2D eigenvalue weighted by atomic mass is 9.97. The first kappa shape index (κ1) is 11.4. The standard InChI is InChI=1S/C13H21N3/c1-10-4-3-5-11(2)16(10)9-12-6-7-15-13(14)8-12/h6-8,10-11H,3-5,9H2,1-2H3,(H2,14,15)/t10-,11+. The van der Waals surface area contributed by atoms with Crippen LogP contribution in [0.2, 0.25) is 0 Å². The Bertz CT molecular complexity index is 341. The summed E-state index contributed by atoms with van der Waals surface area (Å²) in [5.74, 6) is 0.620. The lowest BCUT2D eigenvalue weighted by Gasteiger charge is -2.39. The molecule has 0 amide bonds. The van der Waals surface area contributed by atoms with Crippen LogP contribution >= 0.6 is 0 Å². The van der Waals surface area contributed by atoms with Gasteiger partial charge in [0.15, 0.2) is 0 Å².